The number of carbonyl (C=O) groups excluding carboxylic acids is 1. The van der Waals surface area contributed by atoms with Gasteiger partial charge in [-0.3, -0.25) is 14.7 Å². The molecule has 2 aromatic heterocycles. The Labute approximate surface area is 220 Å². The molecule has 2 aromatic carbocycles. The minimum absolute atomic E-state index is 0.0210. The molecule has 2 aliphatic heterocycles. The molecule has 37 heavy (non-hydrogen) atoms. The molecular weight excluding hydrogens is 478 g/mol. The van der Waals surface area contributed by atoms with E-state index in [1.165, 1.54) is 12.0 Å². The molecule has 1 saturated carbocycles. The van der Waals surface area contributed by atoms with E-state index in [-0.39, 0.29) is 11.9 Å². The molecule has 1 aliphatic carbocycles. The normalized spacial score (nSPS) is 20.0. The van der Waals surface area contributed by atoms with Gasteiger partial charge in [-0.2, -0.15) is 0 Å². The van der Waals surface area contributed by atoms with Gasteiger partial charge in [0.1, 0.15) is 0 Å². The molecule has 184 valence electrons. The van der Waals surface area contributed by atoms with E-state index in [2.05, 4.69) is 57.0 Å². The largest absolute Gasteiger partial charge is 0.335 e. The maximum atomic E-state index is 13.7. The van der Waals surface area contributed by atoms with Crippen LogP contribution >= 0.6 is 11.8 Å². The third-order valence-electron chi connectivity index (χ3n) is 7.58. The molecule has 0 N–H and O–H groups in total. The lowest BCUT2D eigenvalue weighted by atomic mass is 10.1. The molecule has 3 aliphatic rings. The lowest BCUT2D eigenvalue weighted by Gasteiger charge is -2.35. The summed E-state index contributed by atoms with van der Waals surface area (Å²) in [6.07, 6.45) is 7.38. The first-order chi connectivity index (χ1) is 18.2. The Morgan fingerprint density at radius 1 is 0.973 bits per heavy atom. The number of benzene rings is 2. The molecule has 0 bridgehead atoms. The van der Waals surface area contributed by atoms with Crippen molar-refractivity contribution in [3.63, 3.8) is 0 Å². The molecule has 7 rings (SSSR count). The third-order valence-corrected chi connectivity index (χ3v) is 8.72. The molecule has 4 heterocycles. The van der Waals surface area contributed by atoms with E-state index in [1.54, 1.807) is 16.7 Å². The van der Waals surface area contributed by atoms with E-state index in [1.807, 2.05) is 49.6 Å². The lowest BCUT2D eigenvalue weighted by molar-refractivity contribution is 0.0861. The minimum Gasteiger partial charge on any atom is -0.335 e. The molecule has 2 atom stereocenters. The second kappa shape index (κ2) is 8.92. The summed E-state index contributed by atoms with van der Waals surface area (Å²) in [6.45, 7) is 0.677. The average Bonchev–Trinajstić information content (AvgIpc) is 3.63. The minimum atomic E-state index is 0.0210. The molecule has 2 unspecified atom stereocenters. The van der Waals surface area contributed by atoms with E-state index in [4.69, 9.17) is 4.99 Å². The van der Waals surface area contributed by atoms with Crippen molar-refractivity contribution in [2.24, 2.45) is 4.99 Å². The number of hydrogen-bond donors (Lipinski definition) is 0. The van der Waals surface area contributed by atoms with Crippen molar-refractivity contribution >= 4 is 29.3 Å². The maximum Gasteiger partial charge on any atom is 0.265 e. The van der Waals surface area contributed by atoms with Crippen LogP contribution in [0.25, 0.3) is 11.3 Å². The quantitative estimate of drug-likeness (QED) is 0.337. The molecule has 1 fully saturated rings. The zero-order chi connectivity index (χ0) is 24.9. The van der Waals surface area contributed by atoms with Crippen molar-refractivity contribution in [2.75, 3.05) is 11.9 Å². The first-order valence-corrected chi connectivity index (χ1v) is 13.6. The zero-order valence-corrected chi connectivity index (χ0v) is 21.4. The summed E-state index contributed by atoms with van der Waals surface area (Å²) < 4.78 is 2.25. The van der Waals surface area contributed by atoms with Gasteiger partial charge in [0.2, 0.25) is 5.96 Å². The van der Waals surface area contributed by atoms with Crippen LogP contribution in [0.1, 0.15) is 35.2 Å². The van der Waals surface area contributed by atoms with E-state index < -0.39 is 0 Å². The topological polar surface area (TPSA) is 53.7 Å². The van der Waals surface area contributed by atoms with E-state index in [9.17, 15) is 4.79 Å². The van der Waals surface area contributed by atoms with Gasteiger partial charge in [-0.25, -0.2) is 4.99 Å². The standard InChI is InChI=1S/C30H27N5OS/c1-33-28(36)27-26(35-25-12-7-11-24(25)32-30(33)35)19-34(29(27)37-22-8-3-2-4-9-22)18-20-13-15-21(16-14-20)23-10-5-6-17-31-23/h2-6,8-10,13-17,19,24-25H,7,11-12,18H2,1H3. The van der Waals surface area contributed by atoms with Gasteiger partial charge in [-0.15, -0.1) is 0 Å². The van der Waals surface area contributed by atoms with Crippen LogP contribution in [0.3, 0.4) is 0 Å². The predicted octanol–water partition coefficient (Wildman–Crippen LogP) is 5.93. The van der Waals surface area contributed by atoms with Gasteiger partial charge in [-0.1, -0.05) is 60.3 Å². The van der Waals surface area contributed by atoms with Crippen molar-refractivity contribution in [1.82, 2.24) is 14.5 Å². The summed E-state index contributed by atoms with van der Waals surface area (Å²) in [5.74, 6) is 0.827. The van der Waals surface area contributed by atoms with Crippen molar-refractivity contribution < 1.29 is 4.79 Å². The summed E-state index contributed by atoms with van der Waals surface area (Å²) in [7, 11) is 1.86. The van der Waals surface area contributed by atoms with Crippen LogP contribution in [0.2, 0.25) is 0 Å². The highest BCUT2D eigenvalue weighted by molar-refractivity contribution is 7.99. The number of anilines is 1. The highest BCUT2D eigenvalue weighted by atomic mass is 32.2. The fraction of sp³-hybridized carbons (Fsp3) is 0.233. The Morgan fingerprint density at radius 3 is 2.57 bits per heavy atom. The summed E-state index contributed by atoms with van der Waals surface area (Å²) in [6, 6.07) is 25.5. The number of aliphatic imine (C=N–C) groups is 1. The van der Waals surface area contributed by atoms with Crippen molar-refractivity contribution in [2.45, 2.75) is 47.8 Å². The Hall–Kier alpha value is -3.84. The fourth-order valence-corrected chi connectivity index (χ4v) is 6.82. The third kappa shape index (κ3) is 3.76. The monoisotopic (exact) mass is 505 g/mol. The first kappa shape index (κ1) is 22.4. The van der Waals surface area contributed by atoms with Crippen molar-refractivity contribution in [3.8, 4) is 11.3 Å². The Morgan fingerprint density at radius 2 is 1.78 bits per heavy atom. The van der Waals surface area contributed by atoms with E-state index >= 15 is 0 Å². The summed E-state index contributed by atoms with van der Waals surface area (Å²) in [4.78, 5) is 28.4. The second-order valence-electron chi connectivity index (χ2n) is 9.88. The smallest absolute Gasteiger partial charge is 0.265 e. The average molecular weight is 506 g/mol. The molecule has 0 radical (unpaired) electrons. The maximum absolute atomic E-state index is 13.7. The van der Waals surface area contributed by atoms with Gasteiger partial charge in [0.25, 0.3) is 5.91 Å². The fourth-order valence-electron chi connectivity index (χ4n) is 5.77. The van der Waals surface area contributed by atoms with Gasteiger partial charge in [-0.05, 0) is 49.1 Å². The molecule has 0 saturated heterocycles. The number of carbonyl (C=O) groups is 1. The lowest BCUT2D eigenvalue weighted by Crippen LogP contribution is -2.51. The summed E-state index contributed by atoms with van der Waals surface area (Å²) >= 11 is 1.66. The number of nitrogens with zero attached hydrogens (tertiary/aromatic N) is 5. The van der Waals surface area contributed by atoms with Crippen molar-refractivity contribution in [3.05, 3.63) is 96.3 Å². The molecule has 1 amide bonds. The van der Waals surface area contributed by atoms with Crippen molar-refractivity contribution in [1.29, 1.82) is 0 Å². The highest BCUT2D eigenvalue weighted by Gasteiger charge is 2.48. The Bertz CT molecular complexity index is 1500. The van der Waals surface area contributed by atoms with Gasteiger partial charge in [0.05, 0.1) is 34.1 Å². The van der Waals surface area contributed by atoms with Crippen LogP contribution in [0.4, 0.5) is 5.69 Å². The van der Waals surface area contributed by atoms with Crippen LogP contribution in [-0.4, -0.2) is 45.4 Å². The van der Waals surface area contributed by atoms with Crippen LogP contribution in [0.15, 0.2) is 100 Å². The van der Waals surface area contributed by atoms with E-state index in [0.29, 0.717) is 12.6 Å². The van der Waals surface area contributed by atoms with Crippen LogP contribution in [-0.2, 0) is 6.54 Å². The summed E-state index contributed by atoms with van der Waals surface area (Å²) in [5.41, 5.74) is 5.02. The molecule has 4 aromatic rings. The summed E-state index contributed by atoms with van der Waals surface area (Å²) in [5, 5.41) is 0.979. The molecule has 6 nitrogen and oxygen atoms in total. The zero-order valence-electron chi connectivity index (χ0n) is 20.6. The first-order valence-electron chi connectivity index (χ1n) is 12.8. The number of hydrogen-bond acceptors (Lipinski definition) is 5. The Balaban J connectivity index is 1.30. The number of fused-ring (bicyclic) bond motifs is 5. The number of aromatic nitrogens is 2. The van der Waals surface area contributed by atoms with Gasteiger partial charge in [0.15, 0.2) is 0 Å². The number of rotatable bonds is 5. The Kier molecular flexibility index (Phi) is 5.39. The number of guanidine groups is 1. The molecular formula is C30H27N5OS. The molecule has 0 spiro atoms. The van der Waals surface area contributed by atoms with Gasteiger partial charge in [0, 0.05) is 36.4 Å². The number of pyridine rings is 1. The van der Waals surface area contributed by atoms with E-state index in [0.717, 1.165) is 51.2 Å². The predicted molar refractivity (Wildman–Crippen MR) is 147 cm³/mol. The SMILES string of the molecule is CN1C(=O)c2c(cn(Cc3ccc(-c4ccccn4)cc3)c2Sc2ccccc2)N2C1=NC1CCCC12. The van der Waals surface area contributed by atoms with Gasteiger partial charge >= 0.3 is 0 Å². The number of amides is 1. The van der Waals surface area contributed by atoms with Crippen LogP contribution < -0.4 is 4.90 Å². The van der Waals surface area contributed by atoms with Crippen LogP contribution in [0.5, 0.6) is 0 Å². The highest BCUT2D eigenvalue weighted by Crippen LogP contribution is 2.45. The second-order valence-corrected chi connectivity index (χ2v) is 10.9. The van der Waals surface area contributed by atoms with Crippen LogP contribution in [0, 0.1) is 0 Å². The van der Waals surface area contributed by atoms with Gasteiger partial charge < -0.3 is 9.47 Å². The molecule has 7 heteroatoms.